The van der Waals surface area contributed by atoms with Crippen molar-refractivity contribution in [2.75, 3.05) is 0 Å². The zero-order valence-electron chi connectivity index (χ0n) is 11.3. The minimum absolute atomic E-state index is 0. The van der Waals surface area contributed by atoms with Crippen molar-refractivity contribution in [1.82, 2.24) is 0 Å². The summed E-state index contributed by atoms with van der Waals surface area (Å²) in [5.74, 6) is 0. The molecule has 0 aliphatic carbocycles. The average molecular weight is 235 g/mol. The summed E-state index contributed by atoms with van der Waals surface area (Å²) in [7, 11) is 0. The Morgan fingerprint density at radius 3 is 2.24 bits per heavy atom. The standard InChI is InChI=1S/C16H20.Na/c1-3-7-13-11-12-14-9-5-6-10-16(14)15(13)8-4-2;/h5-6,9-12H,3-4,7-8H2,1-2H3;. The summed E-state index contributed by atoms with van der Waals surface area (Å²) in [6, 6.07) is 13.3. The Labute approximate surface area is 127 Å². The van der Waals surface area contributed by atoms with Crippen molar-refractivity contribution in [2.45, 2.75) is 39.5 Å². The van der Waals surface area contributed by atoms with Crippen LogP contribution in [-0.2, 0) is 12.8 Å². The number of hydrogen-bond donors (Lipinski definition) is 0. The Hall–Kier alpha value is -0.300. The first-order valence-corrected chi connectivity index (χ1v) is 6.36. The van der Waals surface area contributed by atoms with Crippen molar-refractivity contribution >= 4 is 40.3 Å². The van der Waals surface area contributed by atoms with Crippen LogP contribution in [0.4, 0.5) is 0 Å². The normalized spacial score (nSPS) is 10.2. The van der Waals surface area contributed by atoms with Crippen LogP contribution in [0.5, 0.6) is 0 Å². The molecule has 2 rings (SSSR count). The van der Waals surface area contributed by atoms with Gasteiger partial charge in [0, 0.05) is 29.6 Å². The molecular weight excluding hydrogens is 215 g/mol. The van der Waals surface area contributed by atoms with Gasteiger partial charge in [-0.1, -0.05) is 63.1 Å². The number of benzene rings is 2. The topological polar surface area (TPSA) is 0 Å². The molecule has 0 aliphatic heterocycles. The van der Waals surface area contributed by atoms with Crippen molar-refractivity contribution in [3.63, 3.8) is 0 Å². The van der Waals surface area contributed by atoms with Crippen LogP contribution in [0.1, 0.15) is 37.8 Å². The number of hydrogen-bond acceptors (Lipinski definition) is 0. The molecule has 0 aromatic heterocycles. The molecule has 0 amide bonds. The zero-order chi connectivity index (χ0) is 11.4. The van der Waals surface area contributed by atoms with E-state index < -0.39 is 0 Å². The molecule has 0 aliphatic rings. The molecule has 0 atom stereocenters. The van der Waals surface area contributed by atoms with Crippen molar-refractivity contribution in [3.05, 3.63) is 47.5 Å². The molecule has 0 fully saturated rings. The second kappa shape index (κ2) is 7.20. The smallest absolute Gasteiger partial charge is 0 e. The van der Waals surface area contributed by atoms with Crippen LogP contribution < -0.4 is 0 Å². The molecule has 0 saturated heterocycles. The first kappa shape index (κ1) is 14.8. The number of aryl methyl sites for hydroxylation is 2. The minimum atomic E-state index is 0. The van der Waals surface area contributed by atoms with Crippen molar-refractivity contribution < 1.29 is 0 Å². The summed E-state index contributed by atoms with van der Waals surface area (Å²) in [5, 5.41) is 2.83. The zero-order valence-corrected chi connectivity index (χ0v) is 13.3. The van der Waals surface area contributed by atoms with Crippen LogP contribution in [0.15, 0.2) is 36.4 Å². The predicted molar refractivity (Wildman–Crippen MR) is 77.7 cm³/mol. The van der Waals surface area contributed by atoms with E-state index >= 15 is 0 Å². The second-order valence-electron chi connectivity index (χ2n) is 4.42. The Kier molecular flexibility index (Phi) is 6.26. The van der Waals surface area contributed by atoms with Gasteiger partial charge in [-0.05, 0) is 34.7 Å². The Morgan fingerprint density at radius 2 is 1.53 bits per heavy atom. The summed E-state index contributed by atoms with van der Waals surface area (Å²) >= 11 is 0. The van der Waals surface area contributed by atoms with Crippen LogP contribution >= 0.6 is 0 Å². The van der Waals surface area contributed by atoms with Crippen LogP contribution in [0.2, 0.25) is 0 Å². The van der Waals surface area contributed by atoms with Gasteiger partial charge in [-0.2, -0.15) is 0 Å². The molecule has 0 spiro atoms. The molecule has 2 aromatic rings. The van der Waals surface area contributed by atoms with Crippen molar-refractivity contribution in [1.29, 1.82) is 0 Å². The van der Waals surface area contributed by atoms with E-state index in [0.29, 0.717) is 0 Å². The molecular formula is C16H20Na. The molecule has 1 heteroatoms. The van der Waals surface area contributed by atoms with E-state index in [2.05, 4.69) is 50.2 Å². The fourth-order valence-electron chi connectivity index (χ4n) is 2.43. The van der Waals surface area contributed by atoms with E-state index in [1.807, 2.05) is 0 Å². The summed E-state index contributed by atoms with van der Waals surface area (Å²) in [4.78, 5) is 0. The number of rotatable bonds is 4. The molecule has 1 radical (unpaired) electrons. The molecule has 0 unspecified atom stereocenters. The van der Waals surface area contributed by atoms with E-state index in [1.165, 1.54) is 36.5 Å². The van der Waals surface area contributed by atoms with Gasteiger partial charge in [-0.15, -0.1) is 0 Å². The fraction of sp³-hybridized carbons (Fsp3) is 0.375. The third kappa shape index (κ3) is 3.34. The Balaban J connectivity index is 0.00000144. The summed E-state index contributed by atoms with van der Waals surface area (Å²) < 4.78 is 0. The van der Waals surface area contributed by atoms with Crippen LogP contribution in [-0.4, -0.2) is 29.6 Å². The summed E-state index contributed by atoms with van der Waals surface area (Å²) in [6.45, 7) is 4.52. The molecule has 0 heterocycles. The van der Waals surface area contributed by atoms with Gasteiger partial charge in [-0.3, -0.25) is 0 Å². The van der Waals surface area contributed by atoms with E-state index in [4.69, 9.17) is 0 Å². The van der Waals surface area contributed by atoms with Gasteiger partial charge in [0.2, 0.25) is 0 Å². The van der Waals surface area contributed by atoms with Gasteiger partial charge in [-0.25, -0.2) is 0 Å². The predicted octanol–water partition coefficient (Wildman–Crippen LogP) is 4.36. The Bertz CT molecular complexity index is 474. The van der Waals surface area contributed by atoms with E-state index in [9.17, 15) is 0 Å². The largest absolute Gasteiger partial charge is 0.0651 e. The summed E-state index contributed by atoms with van der Waals surface area (Å²) in [6.07, 6.45) is 4.87. The molecule has 85 valence electrons. The first-order chi connectivity index (χ1) is 7.86. The maximum absolute atomic E-state index is 2.32. The SMILES string of the molecule is CCCc1ccc2ccccc2c1CCC.[Na]. The van der Waals surface area contributed by atoms with Crippen LogP contribution in [0, 0.1) is 0 Å². The fourth-order valence-corrected chi connectivity index (χ4v) is 2.43. The Morgan fingerprint density at radius 1 is 0.824 bits per heavy atom. The monoisotopic (exact) mass is 235 g/mol. The third-order valence-corrected chi connectivity index (χ3v) is 3.16. The third-order valence-electron chi connectivity index (χ3n) is 3.16. The van der Waals surface area contributed by atoms with Gasteiger partial charge in [0.15, 0.2) is 0 Å². The van der Waals surface area contributed by atoms with Gasteiger partial charge < -0.3 is 0 Å². The van der Waals surface area contributed by atoms with Gasteiger partial charge >= 0.3 is 0 Å². The summed E-state index contributed by atoms with van der Waals surface area (Å²) in [5.41, 5.74) is 3.12. The molecule has 0 saturated carbocycles. The molecule has 0 nitrogen and oxygen atoms in total. The van der Waals surface area contributed by atoms with Gasteiger partial charge in [0.05, 0.1) is 0 Å². The quantitative estimate of drug-likeness (QED) is 0.690. The van der Waals surface area contributed by atoms with Crippen molar-refractivity contribution in [3.8, 4) is 0 Å². The maximum atomic E-state index is 2.32. The molecule has 0 N–H and O–H groups in total. The molecule has 2 aromatic carbocycles. The van der Waals surface area contributed by atoms with Gasteiger partial charge in [0.25, 0.3) is 0 Å². The average Bonchev–Trinajstić information content (AvgIpc) is 2.32. The van der Waals surface area contributed by atoms with E-state index in [1.54, 1.807) is 11.1 Å². The maximum Gasteiger partial charge on any atom is 0 e. The minimum Gasteiger partial charge on any atom is -0.0651 e. The van der Waals surface area contributed by atoms with Crippen LogP contribution in [0.3, 0.4) is 0 Å². The molecule has 0 bridgehead atoms. The molecule has 17 heavy (non-hydrogen) atoms. The van der Waals surface area contributed by atoms with Crippen molar-refractivity contribution in [2.24, 2.45) is 0 Å². The van der Waals surface area contributed by atoms with E-state index in [0.717, 1.165) is 0 Å². The first-order valence-electron chi connectivity index (χ1n) is 6.36. The van der Waals surface area contributed by atoms with E-state index in [-0.39, 0.29) is 29.6 Å². The second-order valence-corrected chi connectivity index (χ2v) is 4.42. The van der Waals surface area contributed by atoms with Gasteiger partial charge in [0.1, 0.15) is 0 Å². The van der Waals surface area contributed by atoms with Crippen LogP contribution in [0.25, 0.3) is 10.8 Å². The number of fused-ring (bicyclic) bond motifs is 1.